The second-order valence-electron chi connectivity index (χ2n) is 5.82. The molecule has 6 heteroatoms. The molecule has 0 unspecified atom stereocenters. The van der Waals surface area contributed by atoms with Gasteiger partial charge in [0.1, 0.15) is 5.69 Å². The Bertz CT molecular complexity index is 681. The smallest absolute Gasteiger partial charge is 0.255 e. The zero-order valence-electron chi connectivity index (χ0n) is 13.5. The lowest BCUT2D eigenvalue weighted by molar-refractivity contribution is 0.102. The normalized spacial score (nSPS) is 13.9. The minimum absolute atomic E-state index is 0.161. The van der Waals surface area contributed by atoms with Crippen LogP contribution in [0.1, 0.15) is 23.2 Å². The highest BCUT2D eigenvalue weighted by atomic mass is 16.1. The number of hydrogen-bond acceptors (Lipinski definition) is 5. The minimum atomic E-state index is -0.161. The number of carbonyl (C=O) groups is 1. The van der Waals surface area contributed by atoms with Gasteiger partial charge < -0.3 is 15.1 Å². The first kappa shape index (κ1) is 15.3. The molecule has 2 aromatic rings. The first-order valence-corrected chi connectivity index (χ1v) is 7.81. The van der Waals surface area contributed by atoms with Crippen LogP contribution < -0.4 is 15.1 Å². The summed E-state index contributed by atoms with van der Waals surface area (Å²) in [4.78, 5) is 25.5. The van der Waals surface area contributed by atoms with E-state index < -0.39 is 0 Å². The maximum Gasteiger partial charge on any atom is 0.255 e. The van der Waals surface area contributed by atoms with Gasteiger partial charge in [0.2, 0.25) is 5.95 Å². The zero-order valence-corrected chi connectivity index (χ0v) is 13.5. The molecule has 1 fully saturated rings. The van der Waals surface area contributed by atoms with E-state index in [-0.39, 0.29) is 5.91 Å². The molecular weight excluding hydrogens is 290 g/mol. The van der Waals surface area contributed by atoms with Crippen LogP contribution in [0.2, 0.25) is 0 Å². The monoisotopic (exact) mass is 311 g/mol. The van der Waals surface area contributed by atoms with Gasteiger partial charge in [-0.2, -0.15) is 4.98 Å². The van der Waals surface area contributed by atoms with Crippen LogP contribution in [-0.4, -0.2) is 43.1 Å². The Kier molecular flexibility index (Phi) is 4.41. The summed E-state index contributed by atoms with van der Waals surface area (Å²) in [6.45, 7) is 1.98. The summed E-state index contributed by atoms with van der Waals surface area (Å²) < 4.78 is 0. The molecule has 1 aliphatic heterocycles. The molecule has 0 bridgehead atoms. The molecule has 2 heterocycles. The first-order valence-electron chi connectivity index (χ1n) is 7.81. The van der Waals surface area contributed by atoms with Crippen LogP contribution >= 0.6 is 0 Å². The molecule has 1 amide bonds. The first-order chi connectivity index (χ1) is 11.1. The van der Waals surface area contributed by atoms with Crippen LogP contribution in [0.4, 0.5) is 17.5 Å². The van der Waals surface area contributed by atoms with Crippen LogP contribution in [0.25, 0.3) is 0 Å². The largest absolute Gasteiger partial charge is 0.361 e. The number of hydrogen-bond donors (Lipinski definition) is 1. The molecule has 1 aromatic carbocycles. The molecule has 0 aliphatic carbocycles. The van der Waals surface area contributed by atoms with Crippen molar-refractivity contribution in [3.05, 3.63) is 42.1 Å². The van der Waals surface area contributed by atoms with Gasteiger partial charge in [0.05, 0.1) is 6.20 Å². The Labute approximate surface area is 136 Å². The molecule has 1 saturated heterocycles. The third-order valence-electron chi connectivity index (χ3n) is 3.85. The van der Waals surface area contributed by atoms with E-state index in [1.807, 2.05) is 37.2 Å². The minimum Gasteiger partial charge on any atom is -0.361 e. The Morgan fingerprint density at radius 2 is 1.87 bits per heavy atom. The SMILES string of the molecule is CN(C)c1nc(N2CCCC2)ncc1NC(=O)c1ccccc1. The fraction of sp³-hybridized carbons (Fsp3) is 0.353. The Morgan fingerprint density at radius 3 is 2.52 bits per heavy atom. The molecule has 3 rings (SSSR count). The maximum atomic E-state index is 12.3. The summed E-state index contributed by atoms with van der Waals surface area (Å²) in [5.74, 6) is 1.28. The fourth-order valence-electron chi connectivity index (χ4n) is 2.65. The molecular formula is C17H21N5O. The summed E-state index contributed by atoms with van der Waals surface area (Å²) >= 11 is 0. The van der Waals surface area contributed by atoms with Gasteiger partial charge in [0.15, 0.2) is 5.82 Å². The average Bonchev–Trinajstić information content (AvgIpc) is 3.10. The van der Waals surface area contributed by atoms with Crippen LogP contribution in [0, 0.1) is 0 Å². The van der Waals surface area contributed by atoms with Gasteiger partial charge in [-0.1, -0.05) is 18.2 Å². The van der Waals surface area contributed by atoms with Crippen molar-refractivity contribution in [2.45, 2.75) is 12.8 Å². The number of rotatable bonds is 4. The average molecular weight is 311 g/mol. The van der Waals surface area contributed by atoms with Gasteiger partial charge in [0.25, 0.3) is 5.91 Å². The van der Waals surface area contributed by atoms with Crippen LogP contribution in [0.15, 0.2) is 36.5 Å². The second kappa shape index (κ2) is 6.64. The Morgan fingerprint density at radius 1 is 1.17 bits per heavy atom. The molecule has 1 aliphatic rings. The van der Waals surface area contributed by atoms with Crippen molar-refractivity contribution in [1.29, 1.82) is 0 Å². The number of carbonyl (C=O) groups excluding carboxylic acids is 1. The van der Waals surface area contributed by atoms with Gasteiger partial charge in [-0.15, -0.1) is 0 Å². The molecule has 6 nitrogen and oxygen atoms in total. The number of aromatic nitrogens is 2. The summed E-state index contributed by atoms with van der Waals surface area (Å²) in [5, 5.41) is 2.90. The number of nitrogens with one attached hydrogen (secondary N) is 1. The van der Waals surface area contributed by atoms with E-state index in [1.165, 1.54) is 12.8 Å². The standard InChI is InChI=1S/C17H21N5O/c1-21(2)15-14(19-16(23)13-8-4-3-5-9-13)12-18-17(20-15)22-10-6-7-11-22/h3-5,8-9,12H,6-7,10-11H2,1-2H3,(H,19,23). The van der Waals surface area contributed by atoms with E-state index in [1.54, 1.807) is 18.3 Å². The number of benzene rings is 1. The Balaban J connectivity index is 1.85. The summed E-state index contributed by atoms with van der Waals surface area (Å²) in [5.41, 5.74) is 1.23. The molecule has 0 spiro atoms. The molecule has 0 saturated carbocycles. The van der Waals surface area contributed by atoms with E-state index in [4.69, 9.17) is 0 Å². The highest BCUT2D eigenvalue weighted by Gasteiger charge is 2.18. The van der Waals surface area contributed by atoms with Crippen LogP contribution in [0.5, 0.6) is 0 Å². The van der Waals surface area contributed by atoms with Crippen LogP contribution in [0.3, 0.4) is 0 Å². The number of nitrogens with zero attached hydrogens (tertiary/aromatic N) is 4. The molecule has 0 atom stereocenters. The topological polar surface area (TPSA) is 61.4 Å². The van der Waals surface area contributed by atoms with E-state index in [9.17, 15) is 4.79 Å². The highest BCUT2D eigenvalue weighted by molar-refractivity contribution is 6.05. The van der Waals surface area contributed by atoms with E-state index in [2.05, 4.69) is 20.2 Å². The highest BCUT2D eigenvalue weighted by Crippen LogP contribution is 2.25. The summed E-state index contributed by atoms with van der Waals surface area (Å²) in [6.07, 6.45) is 4.04. The van der Waals surface area contributed by atoms with Gasteiger partial charge in [-0.25, -0.2) is 4.98 Å². The zero-order chi connectivity index (χ0) is 16.2. The number of anilines is 3. The Hall–Kier alpha value is -2.63. The lowest BCUT2D eigenvalue weighted by Crippen LogP contribution is -2.23. The van der Waals surface area contributed by atoms with Crippen molar-refractivity contribution >= 4 is 23.4 Å². The van der Waals surface area contributed by atoms with Crippen LogP contribution in [-0.2, 0) is 0 Å². The molecule has 0 radical (unpaired) electrons. The lowest BCUT2D eigenvalue weighted by atomic mass is 10.2. The summed E-state index contributed by atoms with van der Waals surface area (Å²) in [6, 6.07) is 9.13. The van der Waals surface area contributed by atoms with Gasteiger partial charge in [-0.05, 0) is 25.0 Å². The van der Waals surface area contributed by atoms with Gasteiger partial charge in [0, 0.05) is 32.7 Å². The van der Waals surface area contributed by atoms with Gasteiger partial charge in [-0.3, -0.25) is 4.79 Å². The van der Waals surface area contributed by atoms with Crippen molar-refractivity contribution in [1.82, 2.24) is 9.97 Å². The predicted molar refractivity (Wildman–Crippen MR) is 92.2 cm³/mol. The van der Waals surface area contributed by atoms with Crippen molar-refractivity contribution in [2.75, 3.05) is 42.3 Å². The predicted octanol–water partition coefficient (Wildman–Crippen LogP) is 2.40. The second-order valence-corrected chi connectivity index (χ2v) is 5.82. The number of amides is 1. The molecule has 23 heavy (non-hydrogen) atoms. The van der Waals surface area contributed by atoms with Crippen molar-refractivity contribution < 1.29 is 4.79 Å². The molecule has 120 valence electrons. The third-order valence-corrected chi connectivity index (χ3v) is 3.85. The van der Waals surface area contributed by atoms with Crippen molar-refractivity contribution in [3.63, 3.8) is 0 Å². The van der Waals surface area contributed by atoms with E-state index >= 15 is 0 Å². The van der Waals surface area contributed by atoms with E-state index in [0.717, 1.165) is 19.0 Å². The maximum absolute atomic E-state index is 12.3. The third kappa shape index (κ3) is 3.41. The fourth-order valence-corrected chi connectivity index (χ4v) is 2.65. The molecule has 1 N–H and O–H groups in total. The summed E-state index contributed by atoms with van der Waals surface area (Å²) in [7, 11) is 3.82. The molecule has 1 aromatic heterocycles. The van der Waals surface area contributed by atoms with Crippen molar-refractivity contribution in [2.24, 2.45) is 0 Å². The van der Waals surface area contributed by atoms with E-state index in [0.29, 0.717) is 17.1 Å². The quantitative estimate of drug-likeness (QED) is 0.939. The van der Waals surface area contributed by atoms with Crippen molar-refractivity contribution in [3.8, 4) is 0 Å². The lowest BCUT2D eigenvalue weighted by Gasteiger charge is -2.21. The van der Waals surface area contributed by atoms with Gasteiger partial charge >= 0.3 is 0 Å².